The molecule has 1 unspecified atom stereocenters. The number of nitrogens with zero attached hydrogens (tertiary/aromatic N) is 1. The van der Waals surface area contributed by atoms with Gasteiger partial charge in [-0.1, -0.05) is 37.3 Å². The topological polar surface area (TPSA) is 35.5 Å². The second-order valence-electron chi connectivity index (χ2n) is 5.97. The molecule has 1 fully saturated rings. The Morgan fingerprint density at radius 1 is 1.20 bits per heavy atom. The van der Waals surface area contributed by atoms with E-state index in [-0.39, 0.29) is 12.1 Å². The second kappa shape index (κ2) is 7.77. The molecule has 1 aliphatic heterocycles. The third-order valence-electron chi connectivity index (χ3n) is 4.39. The molecule has 1 aromatic rings. The van der Waals surface area contributed by atoms with Gasteiger partial charge in [-0.05, 0) is 50.9 Å². The summed E-state index contributed by atoms with van der Waals surface area (Å²) in [4.78, 5) is 2.53. The quantitative estimate of drug-likeness (QED) is 0.837. The van der Waals surface area contributed by atoms with Crippen LogP contribution in [0.15, 0.2) is 30.3 Å². The zero-order chi connectivity index (χ0) is 14.3. The van der Waals surface area contributed by atoms with Crippen LogP contribution >= 0.6 is 0 Å². The first-order valence-corrected chi connectivity index (χ1v) is 7.90. The van der Waals surface area contributed by atoms with Crippen LogP contribution in [0.3, 0.4) is 0 Å². The van der Waals surface area contributed by atoms with Gasteiger partial charge >= 0.3 is 0 Å². The smallest absolute Gasteiger partial charge is 0.0613 e. The third kappa shape index (κ3) is 4.30. The Morgan fingerprint density at radius 2 is 2.00 bits per heavy atom. The van der Waals surface area contributed by atoms with Crippen LogP contribution in [-0.2, 0) is 6.54 Å². The summed E-state index contributed by atoms with van der Waals surface area (Å²) in [5, 5.41) is 13.5. The lowest BCUT2D eigenvalue weighted by Gasteiger charge is -2.32. The van der Waals surface area contributed by atoms with Gasteiger partial charge in [0, 0.05) is 12.1 Å². The number of aliphatic hydroxyl groups is 1. The zero-order valence-corrected chi connectivity index (χ0v) is 12.6. The Labute approximate surface area is 123 Å². The molecule has 1 atom stereocenters. The predicted octanol–water partition coefficient (Wildman–Crippen LogP) is 2.40. The van der Waals surface area contributed by atoms with E-state index in [0.29, 0.717) is 0 Å². The number of benzene rings is 1. The Bertz CT molecular complexity index is 382. The summed E-state index contributed by atoms with van der Waals surface area (Å²) in [6.45, 7) is 6.76. The largest absolute Gasteiger partial charge is 0.394 e. The van der Waals surface area contributed by atoms with Gasteiger partial charge in [0.2, 0.25) is 0 Å². The molecular formula is C17H28N2O. The van der Waals surface area contributed by atoms with Gasteiger partial charge in [-0.25, -0.2) is 0 Å². The fourth-order valence-corrected chi connectivity index (χ4v) is 3.07. The van der Waals surface area contributed by atoms with Crippen LogP contribution in [0.5, 0.6) is 0 Å². The number of hydrogen-bond acceptors (Lipinski definition) is 3. The van der Waals surface area contributed by atoms with Crippen molar-refractivity contribution in [2.45, 2.75) is 44.7 Å². The van der Waals surface area contributed by atoms with E-state index in [0.717, 1.165) is 25.9 Å². The van der Waals surface area contributed by atoms with Crippen molar-refractivity contribution >= 4 is 0 Å². The van der Waals surface area contributed by atoms with Crippen molar-refractivity contribution in [3.8, 4) is 0 Å². The molecule has 2 N–H and O–H groups in total. The first kappa shape index (κ1) is 15.5. The minimum absolute atomic E-state index is 0.0989. The summed E-state index contributed by atoms with van der Waals surface area (Å²) in [6.07, 6.45) is 4.48. The van der Waals surface area contributed by atoms with Gasteiger partial charge in [0.25, 0.3) is 0 Å². The normalized spacial score (nSPS) is 24.5. The van der Waals surface area contributed by atoms with E-state index >= 15 is 0 Å². The van der Waals surface area contributed by atoms with Crippen LogP contribution < -0.4 is 5.32 Å². The molecule has 20 heavy (non-hydrogen) atoms. The Balaban J connectivity index is 1.92. The van der Waals surface area contributed by atoms with Crippen LogP contribution in [0.2, 0.25) is 0 Å². The lowest BCUT2D eigenvalue weighted by Crippen LogP contribution is -2.48. The molecule has 1 saturated heterocycles. The first-order chi connectivity index (χ1) is 9.78. The zero-order valence-electron chi connectivity index (χ0n) is 12.6. The maximum absolute atomic E-state index is 9.88. The van der Waals surface area contributed by atoms with Crippen molar-refractivity contribution in [3.63, 3.8) is 0 Å². The molecule has 2 rings (SSSR count). The van der Waals surface area contributed by atoms with Crippen LogP contribution in [0, 0.1) is 0 Å². The molecule has 0 bridgehead atoms. The molecule has 0 amide bonds. The lowest BCUT2D eigenvalue weighted by molar-refractivity contribution is 0.141. The van der Waals surface area contributed by atoms with Gasteiger partial charge in [0.05, 0.1) is 6.61 Å². The van der Waals surface area contributed by atoms with Crippen LogP contribution in [0.4, 0.5) is 0 Å². The summed E-state index contributed by atoms with van der Waals surface area (Å²) >= 11 is 0. The van der Waals surface area contributed by atoms with Gasteiger partial charge in [0.1, 0.15) is 0 Å². The number of nitrogens with one attached hydrogen (secondary N) is 1. The molecule has 3 nitrogen and oxygen atoms in total. The maximum Gasteiger partial charge on any atom is 0.0613 e. The standard InChI is InChI=1S/C17H28N2O/c1-2-11-19-12-6-9-17(15-20,10-13-19)18-14-16-7-4-3-5-8-16/h3-5,7-8,18,20H,2,6,9-15H2,1H3. The van der Waals surface area contributed by atoms with Crippen LogP contribution in [0.1, 0.15) is 38.2 Å². The fourth-order valence-electron chi connectivity index (χ4n) is 3.07. The van der Waals surface area contributed by atoms with Crippen LogP contribution in [0.25, 0.3) is 0 Å². The minimum atomic E-state index is -0.0989. The van der Waals surface area contributed by atoms with Crippen molar-refractivity contribution in [1.29, 1.82) is 0 Å². The monoisotopic (exact) mass is 276 g/mol. The summed E-state index contributed by atoms with van der Waals surface area (Å²) in [7, 11) is 0. The van der Waals surface area contributed by atoms with Gasteiger partial charge in [-0.2, -0.15) is 0 Å². The summed E-state index contributed by atoms with van der Waals surface area (Å²) < 4.78 is 0. The molecule has 0 saturated carbocycles. The molecule has 112 valence electrons. The Hall–Kier alpha value is -0.900. The molecule has 0 spiro atoms. The van der Waals surface area contributed by atoms with Gasteiger partial charge in [-0.15, -0.1) is 0 Å². The molecule has 0 aromatic heterocycles. The lowest BCUT2D eigenvalue weighted by atomic mass is 9.91. The van der Waals surface area contributed by atoms with Crippen molar-refractivity contribution in [1.82, 2.24) is 10.2 Å². The molecule has 3 heteroatoms. The van der Waals surface area contributed by atoms with Crippen molar-refractivity contribution in [2.75, 3.05) is 26.2 Å². The van der Waals surface area contributed by atoms with E-state index in [1.54, 1.807) is 0 Å². The highest BCUT2D eigenvalue weighted by Crippen LogP contribution is 2.23. The number of aliphatic hydroxyl groups excluding tert-OH is 1. The van der Waals surface area contributed by atoms with E-state index < -0.39 is 0 Å². The highest BCUT2D eigenvalue weighted by molar-refractivity contribution is 5.14. The molecular weight excluding hydrogens is 248 g/mol. The summed E-state index contributed by atoms with van der Waals surface area (Å²) in [6, 6.07) is 10.5. The summed E-state index contributed by atoms with van der Waals surface area (Å²) in [5.74, 6) is 0. The predicted molar refractivity (Wildman–Crippen MR) is 83.7 cm³/mol. The van der Waals surface area contributed by atoms with E-state index in [9.17, 15) is 5.11 Å². The van der Waals surface area contributed by atoms with E-state index in [2.05, 4.69) is 41.4 Å². The Morgan fingerprint density at radius 3 is 2.70 bits per heavy atom. The van der Waals surface area contributed by atoms with Gasteiger partial charge in [-0.3, -0.25) is 0 Å². The van der Waals surface area contributed by atoms with Gasteiger partial charge in [0.15, 0.2) is 0 Å². The Kier molecular flexibility index (Phi) is 6.02. The van der Waals surface area contributed by atoms with Crippen molar-refractivity contribution in [3.05, 3.63) is 35.9 Å². The third-order valence-corrected chi connectivity index (χ3v) is 4.39. The molecule has 0 radical (unpaired) electrons. The molecule has 1 heterocycles. The minimum Gasteiger partial charge on any atom is -0.394 e. The number of hydrogen-bond donors (Lipinski definition) is 2. The van der Waals surface area contributed by atoms with Crippen molar-refractivity contribution < 1.29 is 5.11 Å². The highest BCUT2D eigenvalue weighted by Gasteiger charge is 2.31. The SMILES string of the molecule is CCCN1CCCC(CO)(NCc2ccccc2)CC1. The fraction of sp³-hybridized carbons (Fsp3) is 0.647. The number of likely N-dealkylation sites (tertiary alicyclic amines) is 1. The van der Waals surface area contributed by atoms with E-state index in [1.165, 1.54) is 31.5 Å². The summed E-state index contributed by atoms with van der Waals surface area (Å²) in [5.41, 5.74) is 1.19. The highest BCUT2D eigenvalue weighted by atomic mass is 16.3. The number of rotatable bonds is 6. The van der Waals surface area contributed by atoms with Crippen molar-refractivity contribution in [2.24, 2.45) is 0 Å². The molecule has 0 aliphatic carbocycles. The molecule has 1 aromatic carbocycles. The van der Waals surface area contributed by atoms with E-state index in [1.807, 2.05) is 6.07 Å². The molecule has 1 aliphatic rings. The second-order valence-corrected chi connectivity index (χ2v) is 5.97. The van der Waals surface area contributed by atoms with Gasteiger partial charge < -0.3 is 15.3 Å². The van der Waals surface area contributed by atoms with Crippen LogP contribution in [-0.4, -0.2) is 41.8 Å². The first-order valence-electron chi connectivity index (χ1n) is 7.90. The maximum atomic E-state index is 9.88. The average molecular weight is 276 g/mol. The average Bonchev–Trinajstić information content (AvgIpc) is 2.70. The van der Waals surface area contributed by atoms with E-state index in [4.69, 9.17) is 0 Å².